The third kappa shape index (κ3) is 3.16. The van der Waals surface area contributed by atoms with Crippen LogP contribution in [0.15, 0.2) is 23.1 Å². The first kappa shape index (κ1) is 15.7. The molecule has 1 aliphatic carbocycles. The van der Waals surface area contributed by atoms with Gasteiger partial charge in [0.25, 0.3) is 5.69 Å². The fourth-order valence-corrected chi connectivity index (χ4v) is 4.11. The number of rotatable bonds is 4. The summed E-state index contributed by atoms with van der Waals surface area (Å²) in [6, 6.07) is 3.36. The average molecular weight is 313 g/mol. The number of nitrogen functional groups attached to an aromatic ring is 1. The molecule has 0 saturated heterocycles. The van der Waals surface area contributed by atoms with Gasteiger partial charge in [0.1, 0.15) is 5.69 Å². The van der Waals surface area contributed by atoms with Crippen molar-refractivity contribution in [2.24, 2.45) is 5.41 Å². The number of nitro groups is 1. The van der Waals surface area contributed by atoms with E-state index < -0.39 is 20.6 Å². The van der Waals surface area contributed by atoms with Gasteiger partial charge in [-0.15, -0.1) is 0 Å². The van der Waals surface area contributed by atoms with E-state index in [1.165, 1.54) is 12.1 Å². The number of sulfonamides is 1. The van der Waals surface area contributed by atoms with Crippen LogP contribution in [-0.2, 0) is 10.0 Å². The first-order valence-corrected chi connectivity index (χ1v) is 8.18. The Kier molecular flexibility index (Phi) is 3.94. The van der Waals surface area contributed by atoms with Gasteiger partial charge < -0.3 is 5.73 Å². The molecule has 0 spiro atoms. The summed E-state index contributed by atoms with van der Waals surface area (Å²) in [6.45, 7) is 4.03. The van der Waals surface area contributed by atoms with Crippen molar-refractivity contribution in [3.8, 4) is 0 Å². The Bertz CT molecular complexity index is 670. The lowest BCUT2D eigenvalue weighted by Gasteiger charge is -2.27. The second-order valence-electron chi connectivity index (χ2n) is 6.03. The van der Waals surface area contributed by atoms with Crippen molar-refractivity contribution in [3.05, 3.63) is 28.3 Å². The molecular formula is C13H19N3O4S. The Morgan fingerprint density at radius 2 is 2.10 bits per heavy atom. The third-order valence-corrected chi connectivity index (χ3v) is 5.53. The normalized spacial score (nSPS) is 21.3. The van der Waals surface area contributed by atoms with Crippen LogP contribution in [0.2, 0.25) is 0 Å². The molecule has 1 atom stereocenters. The van der Waals surface area contributed by atoms with Crippen LogP contribution in [0.3, 0.4) is 0 Å². The van der Waals surface area contributed by atoms with Crippen molar-refractivity contribution < 1.29 is 13.3 Å². The third-order valence-electron chi connectivity index (χ3n) is 4.06. The smallest absolute Gasteiger partial charge is 0.293 e. The molecule has 116 valence electrons. The molecule has 2 rings (SSSR count). The highest BCUT2D eigenvalue weighted by atomic mass is 32.2. The molecule has 0 aromatic heterocycles. The second-order valence-corrected chi connectivity index (χ2v) is 7.75. The topological polar surface area (TPSA) is 115 Å². The van der Waals surface area contributed by atoms with E-state index >= 15 is 0 Å². The van der Waals surface area contributed by atoms with Crippen LogP contribution in [0, 0.1) is 15.5 Å². The molecule has 7 nitrogen and oxygen atoms in total. The molecule has 1 unspecified atom stereocenters. The SMILES string of the molecule is CC1(C)CCCC1NS(=O)(=O)c1ccc(N)c([N+](=O)[O-])c1. The van der Waals surface area contributed by atoms with Crippen LogP contribution in [0.5, 0.6) is 0 Å². The van der Waals surface area contributed by atoms with E-state index in [1.54, 1.807) is 0 Å². The van der Waals surface area contributed by atoms with Gasteiger partial charge in [-0.05, 0) is 30.4 Å². The number of hydrogen-bond acceptors (Lipinski definition) is 5. The maximum atomic E-state index is 12.4. The van der Waals surface area contributed by atoms with Crippen LogP contribution in [0.25, 0.3) is 0 Å². The zero-order valence-electron chi connectivity index (χ0n) is 12.0. The molecule has 1 aromatic rings. The zero-order valence-corrected chi connectivity index (χ0v) is 12.8. The molecule has 1 fully saturated rings. The predicted octanol–water partition coefficient (Wildman–Crippen LogP) is 2.03. The summed E-state index contributed by atoms with van der Waals surface area (Å²) in [5, 5.41) is 10.9. The maximum Gasteiger partial charge on any atom is 0.293 e. The van der Waals surface area contributed by atoms with E-state index in [-0.39, 0.29) is 22.0 Å². The Balaban J connectivity index is 2.32. The van der Waals surface area contributed by atoms with Gasteiger partial charge in [-0.3, -0.25) is 10.1 Å². The number of nitrogens with one attached hydrogen (secondary N) is 1. The van der Waals surface area contributed by atoms with Gasteiger partial charge >= 0.3 is 0 Å². The highest BCUT2D eigenvalue weighted by Gasteiger charge is 2.37. The van der Waals surface area contributed by atoms with Crippen molar-refractivity contribution in [1.29, 1.82) is 0 Å². The second kappa shape index (κ2) is 5.27. The summed E-state index contributed by atoms with van der Waals surface area (Å²) in [7, 11) is -3.80. The predicted molar refractivity (Wildman–Crippen MR) is 79.3 cm³/mol. The van der Waals surface area contributed by atoms with Gasteiger partial charge in [0.2, 0.25) is 10.0 Å². The minimum Gasteiger partial charge on any atom is -0.393 e. The van der Waals surface area contributed by atoms with Gasteiger partial charge in [-0.2, -0.15) is 0 Å². The summed E-state index contributed by atoms with van der Waals surface area (Å²) in [6.07, 6.45) is 2.67. The number of benzene rings is 1. The van der Waals surface area contributed by atoms with E-state index in [4.69, 9.17) is 5.73 Å². The van der Waals surface area contributed by atoms with Crippen LogP contribution < -0.4 is 10.5 Å². The minimum absolute atomic E-state index is 0.0554. The van der Waals surface area contributed by atoms with Crippen molar-refractivity contribution in [2.75, 3.05) is 5.73 Å². The molecule has 0 heterocycles. The highest BCUT2D eigenvalue weighted by Crippen LogP contribution is 2.38. The standard InChI is InChI=1S/C13H19N3O4S/c1-13(2)7-3-4-12(13)15-21(19,20)9-5-6-10(14)11(8-9)16(17)18/h5-6,8,12,15H,3-4,7,14H2,1-2H3. The number of nitro benzene ring substituents is 1. The van der Waals surface area contributed by atoms with Gasteiger partial charge in [0.15, 0.2) is 0 Å². The van der Waals surface area contributed by atoms with Gasteiger partial charge in [-0.1, -0.05) is 20.3 Å². The Hall–Kier alpha value is -1.67. The Labute approximate surface area is 123 Å². The number of nitrogens with two attached hydrogens (primary N) is 1. The summed E-state index contributed by atoms with van der Waals surface area (Å²) in [4.78, 5) is 10.0. The van der Waals surface area contributed by atoms with Crippen LogP contribution in [0.1, 0.15) is 33.1 Å². The van der Waals surface area contributed by atoms with Crippen molar-refractivity contribution in [3.63, 3.8) is 0 Å². The van der Waals surface area contributed by atoms with Crippen molar-refractivity contribution >= 4 is 21.4 Å². The van der Waals surface area contributed by atoms with Crippen molar-refractivity contribution in [2.45, 2.75) is 44.0 Å². The minimum atomic E-state index is -3.80. The molecule has 0 aliphatic heterocycles. The fraction of sp³-hybridized carbons (Fsp3) is 0.538. The summed E-state index contributed by atoms with van der Waals surface area (Å²) >= 11 is 0. The van der Waals surface area contributed by atoms with E-state index in [0.717, 1.165) is 25.3 Å². The number of nitrogens with zero attached hydrogens (tertiary/aromatic N) is 1. The first-order chi connectivity index (χ1) is 9.63. The molecule has 0 amide bonds. The summed E-state index contributed by atoms with van der Waals surface area (Å²) in [5.74, 6) is 0. The molecule has 1 saturated carbocycles. The average Bonchev–Trinajstić information content (AvgIpc) is 2.68. The van der Waals surface area contributed by atoms with E-state index in [0.29, 0.717) is 0 Å². The molecule has 8 heteroatoms. The number of hydrogen-bond donors (Lipinski definition) is 2. The molecule has 1 aromatic carbocycles. The Morgan fingerprint density at radius 3 is 2.62 bits per heavy atom. The quantitative estimate of drug-likeness (QED) is 0.501. The van der Waals surface area contributed by atoms with E-state index in [1.807, 2.05) is 13.8 Å². The van der Waals surface area contributed by atoms with E-state index in [9.17, 15) is 18.5 Å². The highest BCUT2D eigenvalue weighted by molar-refractivity contribution is 7.89. The molecule has 0 bridgehead atoms. The lowest BCUT2D eigenvalue weighted by Crippen LogP contribution is -2.41. The van der Waals surface area contributed by atoms with Gasteiger partial charge in [0, 0.05) is 12.1 Å². The molecule has 1 aliphatic rings. The molecule has 0 radical (unpaired) electrons. The van der Waals surface area contributed by atoms with E-state index in [2.05, 4.69) is 4.72 Å². The fourth-order valence-electron chi connectivity index (χ4n) is 2.65. The number of anilines is 1. The van der Waals surface area contributed by atoms with Crippen LogP contribution in [0.4, 0.5) is 11.4 Å². The zero-order chi connectivity index (χ0) is 15.8. The monoisotopic (exact) mass is 313 g/mol. The van der Waals surface area contributed by atoms with Crippen molar-refractivity contribution in [1.82, 2.24) is 4.72 Å². The van der Waals surface area contributed by atoms with Gasteiger partial charge in [0.05, 0.1) is 9.82 Å². The lowest BCUT2D eigenvalue weighted by atomic mass is 9.88. The van der Waals surface area contributed by atoms with Crippen LogP contribution in [-0.4, -0.2) is 19.4 Å². The molecule has 3 N–H and O–H groups in total. The summed E-state index contributed by atoms with van der Waals surface area (Å²) < 4.78 is 27.4. The molecule has 21 heavy (non-hydrogen) atoms. The summed E-state index contributed by atoms with van der Waals surface area (Å²) in [5.41, 5.74) is 4.91. The largest absolute Gasteiger partial charge is 0.393 e. The van der Waals surface area contributed by atoms with Crippen LogP contribution >= 0.6 is 0 Å². The molecular weight excluding hydrogens is 294 g/mol. The lowest BCUT2D eigenvalue weighted by molar-refractivity contribution is -0.384. The first-order valence-electron chi connectivity index (χ1n) is 6.70. The maximum absolute atomic E-state index is 12.4. The van der Waals surface area contributed by atoms with Gasteiger partial charge in [-0.25, -0.2) is 13.1 Å². The Morgan fingerprint density at radius 1 is 1.43 bits per heavy atom.